The molecule has 0 heterocycles. The number of anilines is 1. The topological polar surface area (TPSA) is 46.3 Å². The molecule has 0 radical (unpaired) electrons. The van der Waals surface area contributed by atoms with Gasteiger partial charge in [0.05, 0.1) is 0 Å². The van der Waals surface area contributed by atoms with E-state index in [-0.39, 0.29) is 12.1 Å². The molecule has 0 aromatic heterocycles. The quantitative estimate of drug-likeness (QED) is 0.854. The molecule has 0 aliphatic heterocycles. The maximum absolute atomic E-state index is 12.4. The van der Waals surface area contributed by atoms with Gasteiger partial charge in [0.1, 0.15) is 6.54 Å². The predicted molar refractivity (Wildman–Crippen MR) is 70.8 cm³/mol. The third kappa shape index (κ3) is 4.74. The summed E-state index contributed by atoms with van der Waals surface area (Å²) in [5.41, 5.74) is 6.09. The van der Waals surface area contributed by atoms with E-state index in [1.165, 1.54) is 12.1 Å². The smallest absolute Gasteiger partial charge is 0.398 e. The molecule has 0 aliphatic carbocycles. The first kappa shape index (κ1) is 15.8. The Hall–Kier alpha value is -1.24. The van der Waals surface area contributed by atoms with Gasteiger partial charge in [0, 0.05) is 22.3 Å². The summed E-state index contributed by atoms with van der Waals surface area (Å²) in [7, 11) is 0. The zero-order chi connectivity index (χ0) is 14.6. The molecular weight excluding hydrogens is 325 g/mol. The summed E-state index contributed by atoms with van der Waals surface area (Å²) < 4.78 is 37.9. The minimum Gasteiger partial charge on any atom is -0.398 e. The normalized spacial score (nSPS) is 11.4. The van der Waals surface area contributed by atoms with Crippen molar-refractivity contribution in [3.8, 4) is 0 Å². The number of rotatable bonds is 4. The van der Waals surface area contributed by atoms with Gasteiger partial charge in [-0.25, -0.2) is 0 Å². The number of halogens is 4. The SMILES string of the molecule is CCCN(CC(F)(F)F)C(=O)c1ccc(Br)c(N)c1. The van der Waals surface area contributed by atoms with E-state index in [9.17, 15) is 18.0 Å². The maximum Gasteiger partial charge on any atom is 0.406 e. The van der Waals surface area contributed by atoms with Gasteiger partial charge in [-0.2, -0.15) is 13.2 Å². The second kappa shape index (κ2) is 6.27. The van der Waals surface area contributed by atoms with Crippen molar-refractivity contribution in [3.63, 3.8) is 0 Å². The van der Waals surface area contributed by atoms with Gasteiger partial charge in [0.15, 0.2) is 0 Å². The Morgan fingerprint density at radius 2 is 2.05 bits per heavy atom. The Morgan fingerprint density at radius 1 is 1.42 bits per heavy atom. The molecule has 0 unspecified atom stereocenters. The van der Waals surface area contributed by atoms with E-state index in [0.717, 1.165) is 4.90 Å². The fourth-order valence-electron chi connectivity index (χ4n) is 1.60. The highest BCUT2D eigenvalue weighted by Gasteiger charge is 2.33. The number of nitrogens with zero attached hydrogens (tertiary/aromatic N) is 1. The van der Waals surface area contributed by atoms with Crippen LogP contribution in [-0.4, -0.2) is 30.1 Å². The van der Waals surface area contributed by atoms with Gasteiger partial charge in [-0.1, -0.05) is 6.92 Å². The third-order valence-electron chi connectivity index (χ3n) is 2.39. The largest absolute Gasteiger partial charge is 0.406 e. The summed E-state index contributed by atoms with van der Waals surface area (Å²) in [6.45, 7) is 0.510. The van der Waals surface area contributed by atoms with Crippen LogP contribution >= 0.6 is 15.9 Å². The van der Waals surface area contributed by atoms with E-state index in [2.05, 4.69) is 15.9 Å². The van der Waals surface area contributed by atoms with Crippen LogP contribution in [0.1, 0.15) is 23.7 Å². The summed E-state index contributed by atoms with van der Waals surface area (Å²) >= 11 is 3.17. The van der Waals surface area contributed by atoms with Crippen LogP contribution in [0, 0.1) is 0 Å². The highest BCUT2D eigenvalue weighted by molar-refractivity contribution is 9.10. The Morgan fingerprint density at radius 3 is 2.53 bits per heavy atom. The molecule has 1 rings (SSSR count). The monoisotopic (exact) mass is 338 g/mol. The molecule has 3 nitrogen and oxygen atoms in total. The summed E-state index contributed by atoms with van der Waals surface area (Å²) in [4.78, 5) is 12.8. The lowest BCUT2D eigenvalue weighted by Gasteiger charge is -2.23. The van der Waals surface area contributed by atoms with Crippen molar-refractivity contribution in [2.75, 3.05) is 18.8 Å². The van der Waals surface area contributed by atoms with Crippen LogP contribution in [0.15, 0.2) is 22.7 Å². The number of alkyl halides is 3. The number of hydrogen-bond acceptors (Lipinski definition) is 2. The van der Waals surface area contributed by atoms with Crippen molar-refractivity contribution >= 4 is 27.5 Å². The van der Waals surface area contributed by atoms with Gasteiger partial charge < -0.3 is 10.6 Å². The Bertz CT molecular complexity index is 463. The Balaban J connectivity index is 2.95. The van der Waals surface area contributed by atoms with E-state index in [0.29, 0.717) is 16.6 Å². The van der Waals surface area contributed by atoms with Gasteiger partial charge >= 0.3 is 6.18 Å². The molecule has 1 amide bonds. The summed E-state index contributed by atoms with van der Waals surface area (Å²) in [5, 5.41) is 0. The van der Waals surface area contributed by atoms with E-state index in [1.54, 1.807) is 13.0 Å². The highest BCUT2D eigenvalue weighted by Crippen LogP contribution is 2.23. The first-order chi connectivity index (χ1) is 8.74. The molecule has 0 bridgehead atoms. The van der Waals surface area contributed by atoms with Crippen LogP contribution in [0.5, 0.6) is 0 Å². The van der Waals surface area contributed by atoms with Crippen LogP contribution in [-0.2, 0) is 0 Å². The zero-order valence-electron chi connectivity index (χ0n) is 10.3. The molecule has 1 aromatic rings. The standard InChI is InChI=1S/C12H14BrF3N2O/c1-2-5-18(7-12(14,15)16)11(19)8-3-4-9(13)10(17)6-8/h3-4,6H,2,5,7,17H2,1H3. The summed E-state index contributed by atoms with van der Waals surface area (Å²) in [5.74, 6) is -0.668. The molecule has 0 atom stereocenters. The average Bonchev–Trinajstić information content (AvgIpc) is 2.29. The van der Waals surface area contributed by atoms with Gasteiger partial charge in [-0.3, -0.25) is 4.79 Å². The van der Waals surface area contributed by atoms with Crippen LogP contribution in [0.4, 0.5) is 18.9 Å². The van der Waals surface area contributed by atoms with Gasteiger partial charge in [0.2, 0.25) is 0 Å². The first-order valence-corrected chi connectivity index (χ1v) is 6.45. The molecule has 7 heteroatoms. The lowest BCUT2D eigenvalue weighted by molar-refractivity contribution is -0.140. The lowest BCUT2D eigenvalue weighted by atomic mass is 10.1. The fraction of sp³-hybridized carbons (Fsp3) is 0.417. The maximum atomic E-state index is 12.4. The molecule has 1 aromatic carbocycles. The molecule has 2 N–H and O–H groups in total. The number of carbonyl (C=O) groups excluding carboxylic acids is 1. The van der Waals surface area contributed by atoms with Crippen molar-refractivity contribution in [1.29, 1.82) is 0 Å². The zero-order valence-corrected chi connectivity index (χ0v) is 11.9. The average molecular weight is 339 g/mol. The number of nitrogen functional groups attached to an aromatic ring is 1. The van der Waals surface area contributed by atoms with Crippen molar-refractivity contribution in [2.24, 2.45) is 0 Å². The number of hydrogen-bond donors (Lipinski definition) is 1. The summed E-state index contributed by atoms with van der Waals surface area (Å²) in [6, 6.07) is 4.35. The van der Waals surface area contributed by atoms with E-state index in [1.807, 2.05) is 0 Å². The van der Waals surface area contributed by atoms with E-state index < -0.39 is 18.6 Å². The van der Waals surface area contributed by atoms with Crippen LogP contribution in [0.2, 0.25) is 0 Å². The van der Waals surface area contributed by atoms with Crippen LogP contribution in [0.25, 0.3) is 0 Å². The van der Waals surface area contributed by atoms with Crippen LogP contribution < -0.4 is 5.73 Å². The van der Waals surface area contributed by atoms with Crippen LogP contribution in [0.3, 0.4) is 0 Å². The fourth-order valence-corrected chi connectivity index (χ4v) is 1.84. The van der Waals surface area contributed by atoms with E-state index >= 15 is 0 Å². The predicted octanol–water partition coefficient (Wildman–Crippen LogP) is 3.45. The molecular formula is C12H14BrF3N2O. The molecule has 0 saturated carbocycles. The third-order valence-corrected chi connectivity index (χ3v) is 3.12. The van der Waals surface area contributed by atoms with Gasteiger partial charge in [-0.05, 0) is 40.5 Å². The minimum atomic E-state index is -4.41. The lowest BCUT2D eigenvalue weighted by Crippen LogP contribution is -2.39. The minimum absolute atomic E-state index is 0.0499. The van der Waals surface area contributed by atoms with Gasteiger partial charge in [0.25, 0.3) is 5.91 Å². The van der Waals surface area contributed by atoms with Crippen molar-refractivity contribution in [1.82, 2.24) is 4.90 Å². The van der Waals surface area contributed by atoms with Crippen molar-refractivity contribution in [2.45, 2.75) is 19.5 Å². The Labute approximate surface area is 117 Å². The molecule has 0 saturated heterocycles. The molecule has 19 heavy (non-hydrogen) atoms. The molecule has 106 valence electrons. The molecule has 0 spiro atoms. The molecule has 0 aliphatic rings. The van der Waals surface area contributed by atoms with Crippen molar-refractivity contribution < 1.29 is 18.0 Å². The van der Waals surface area contributed by atoms with Crippen molar-refractivity contribution in [3.05, 3.63) is 28.2 Å². The summed E-state index contributed by atoms with van der Waals surface area (Å²) in [6.07, 6.45) is -3.96. The second-order valence-electron chi connectivity index (χ2n) is 4.08. The van der Waals surface area contributed by atoms with E-state index in [4.69, 9.17) is 5.73 Å². The second-order valence-corrected chi connectivity index (χ2v) is 4.93. The number of nitrogens with two attached hydrogens (primary N) is 1. The number of carbonyl (C=O) groups is 1. The number of amides is 1. The van der Waals surface area contributed by atoms with Gasteiger partial charge in [-0.15, -0.1) is 0 Å². The highest BCUT2D eigenvalue weighted by atomic mass is 79.9. The first-order valence-electron chi connectivity index (χ1n) is 5.65. The number of benzene rings is 1. The molecule has 0 fully saturated rings. The Kier molecular flexibility index (Phi) is 5.22.